The first-order chi connectivity index (χ1) is 11.9. The zero-order valence-electron chi connectivity index (χ0n) is 16.3. The maximum Gasteiger partial charge on any atom is 0.302 e. The highest BCUT2D eigenvalue weighted by Gasteiger charge is 2.66. The summed E-state index contributed by atoms with van der Waals surface area (Å²) in [5.74, 6) is 3.90. The van der Waals surface area contributed by atoms with E-state index in [1.54, 1.807) is 6.92 Å². The van der Waals surface area contributed by atoms with Crippen LogP contribution >= 0.6 is 0 Å². The van der Waals surface area contributed by atoms with Gasteiger partial charge in [0.05, 0.1) is 12.2 Å². The molecule has 4 aliphatic carbocycles. The molecule has 1 aliphatic heterocycles. The summed E-state index contributed by atoms with van der Waals surface area (Å²) in [6.45, 7) is 9.08. The van der Waals surface area contributed by atoms with Crippen LogP contribution in [0.3, 0.4) is 0 Å². The number of ether oxygens (including phenoxy) is 2. The standard InChI is InChI=1S/C22H34O3/c1-12-20-18(25-20)11-14-5-6-15-16-7-8-19(24-13(2)23)21(16,3)10-9-17(15)22(12,14)4/h12,14-20H,5-11H2,1-4H3/t12-,14-,15-,16-,17-,18+,19-,20-,21-,22-/m0/s1. The second-order valence-electron chi connectivity index (χ2n) is 10.4. The maximum absolute atomic E-state index is 11.6. The van der Waals surface area contributed by atoms with E-state index >= 15 is 0 Å². The monoisotopic (exact) mass is 346 g/mol. The molecule has 0 amide bonds. The van der Waals surface area contributed by atoms with Gasteiger partial charge in [0.1, 0.15) is 6.10 Å². The van der Waals surface area contributed by atoms with E-state index in [-0.39, 0.29) is 17.5 Å². The molecule has 0 bridgehead atoms. The molecule has 0 N–H and O–H groups in total. The van der Waals surface area contributed by atoms with Crippen molar-refractivity contribution in [2.45, 2.75) is 91.0 Å². The van der Waals surface area contributed by atoms with E-state index in [4.69, 9.17) is 9.47 Å². The number of carbonyl (C=O) groups is 1. The van der Waals surface area contributed by atoms with Crippen LogP contribution in [-0.2, 0) is 14.3 Å². The van der Waals surface area contributed by atoms with Crippen molar-refractivity contribution in [1.82, 2.24) is 0 Å². The Labute approximate surface area is 152 Å². The molecular formula is C22H34O3. The average Bonchev–Trinajstić information content (AvgIpc) is 3.26. The van der Waals surface area contributed by atoms with Gasteiger partial charge in [-0.3, -0.25) is 4.79 Å². The van der Waals surface area contributed by atoms with E-state index in [1.807, 2.05) is 0 Å². The first-order valence-corrected chi connectivity index (χ1v) is 10.7. The summed E-state index contributed by atoms with van der Waals surface area (Å²) in [5.41, 5.74) is 0.675. The number of esters is 1. The quantitative estimate of drug-likeness (QED) is 0.515. The van der Waals surface area contributed by atoms with Crippen molar-refractivity contribution in [3.8, 4) is 0 Å². The Morgan fingerprint density at radius 1 is 1.08 bits per heavy atom. The van der Waals surface area contributed by atoms with Gasteiger partial charge in [-0.05, 0) is 80.0 Å². The van der Waals surface area contributed by atoms with Gasteiger partial charge in [-0.2, -0.15) is 0 Å². The van der Waals surface area contributed by atoms with Crippen molar-refractivity contribution in [2.24, 2.45) is 40.4 Å². The molecule has 3 heteroatoms. The van der Waals surface area contributed by atoms with Gasteiger partial charge in [0.2, 0.25) is 0 Å². The third-order valence-electron chi connectivity index (χ3n) is 9.80. The maximum atomic E-state index is 11.6. The summed E-state index contributed by atoms with van der Waals surface area (Å²) in [4.78, 5) is 11.6. The second kappa shape index (κ2) is 5.24. The Morgan fingerprint density at radius 2 is 1.88 bits per heavy atom. The molecule has 3 nitrogen and oxygen atoms in total. The molecule has 1 heterocycles. The zero-order valence-corrected chi connectivity index (χ0v) is 16.3. The van der Waals surface area contributed by atoms with Crippen LogP contribution in [-0.4, -0.2) is 24.3 Å². The lowest BCUT2D eigenvalue weighted by Gasteiger charge is -2.61. The molecular weight excluding hydrogens is 312 g/mol. The lowest BCUT2D eigenvalue weighted by Crippen LogP contribution is -2.57. The minimum absolute atomic E-state index is 0.0949. The van der Waals surface area contributed by atoms with Crippen LogP contribution in [0.2, 0.25) is 0 Å². The number of hydrogen-bond donors (Lipinski definition) is 0. The summed E-state index contributed by atoms with van der Waals surface area (Å²) in [7, 11) is 0. The summed E-state index contributed by atoms with van der Waals surface area (Å²) >= 11 is 0. The molecule has 4 saturated carbocycles. The van der Waals surface area contributed by atoms with Crippen molar-refractivity contribution in [3.05, 3.63) is 0 Å². The van der Waals surface area contributed by atoms with Crippen LogP contribution in [0.25, 0.3) is 0 Å². The second-order valence-corrected chi connectivity index (χ2v) is 10.4. The molecule has 10 atom stereocenters. The molecule has 0 aromatic heterocycles. The van der Waals surface area contributed by atoms with Crippen molar-refractivity contribution in [3.63, 3.8) is 0 Å². The predicted octanol–water partition coefficient (Wildman–Crippen LogP) is 4.58. The number of epoxide rings is 1. The third kappa shape index (κ3) is 2.11. The van der Waals surface area contributed by atoms with Crippen molar-refractivity contribution < 1.29 is 14.3 Å². The first kappa shape index (κ1) is 16.6. The van der Waals surface area contributed by atoms with Gasteiger partial charge in [0.15, 0.2) is 0 Å². The topological polar surface area (TPSA) is 38.8 Å². The van der Waals surface area contributed by atoms with Gasteiger partial charge in [0, 0.05) is 12.3 Å². The number of carbonyl (C=O) groups excluding carboxylic acids is 1. The normalized spacial score (nSPS) is 59.2. The number of rotatable bonds is 1. The Hall–Kier alpha value is -0.570. The Balaban J connectivity index is 1.44. The molecule has 0 radical (unpaired) electrons. The smallest absolute Gasteiger partial charge is 0.302 e. The molecule has 0 unspecified atom stereocenters. The van der Waals surface area contributed by atoms with E-state index in [1.165, 1.54) is 38.5 Å². The molecule has 5 aliphatic rings. The predicted molar refractivity (Wildman–Crippen MR) is 95.9 cm³/mol. The molecule has 0 spiro atoms. The van der Waals surface area contributed by atoms with Crippen molar-refractivity contribution in [1.29, 1.82) is 0 Å². The molecule has 1 saturated heterocycles. The van der Waals surface area contributed by atoms with E-state index in [0.717, 1.165) is 30.1 Å². The average molecular weight is 347 g/mol. The Morgan fingerprint density at radius 3 is 2.64 bits per heavy atom. The number of fused-ring (bicyclic) bond motifs is 6. The van der Waals surface area contributed by atoms with Crippen LogP contribution in [0.15, 0.2) is 0 Å². The Bertz CT molecular complexity index is 588. The van der Waals surface area contributed by atoms with Gasteiger partial charge in [-0.25, -0.2) is 0 Å². The summed E-state index contributed by atoms with van der Waals surface area (Å²) in [6, 6.07) is 0. The van der Waals surface area contributed by atoms with Crippen LogP contribution in [0.5, 0.6) is 0 Å². The van der Waals surface area contributed by atoms with Crippen LogP contribution < -0.4 is 0 Å². The van der Waals surface area contributed by atoms with Gasteiger partial charge in [-0.1, -0.05) is 20.8 Å². The molecule has 5 fully saturated rings. The molecule has 0 aromatic carbocycles. The highest BCUT2D eigenvalue weighted by molar-refractivity contribution is 5.66. The Kier molecular flexibility index (Phi) is 3.48. The van der Waals surface area contributed by atoms with E-state index in [0.29, 0.717) is 23.5 Å². The summed E-state index contributed by atoms with van der Waals surface area (Å²) in [5, 5.41) is 0. The SMILES string of the molecule is CC(=O)O[C@H]1CC[C@H]2[C@@H]3CC[C@H]4C[C@H]5O[C@H]5[C@H](C)[C@]4(C)[C@H]3CC[C@]12C. The number of hydrogen-bond acceptors (Lipinski definition) is 3. The minimum atomic E-state index is -0.0949. The van der Waals surface area contributed by atoms with E-state index in [9.17, 15) is 4.79 Å². The lowest BCUT2D eigenvalue weighted by atomic mass is 9.43. The minimum Gasteiger partial charge on any atom is -0.462 e. The zero-order chi connectivity index (χ0) is 17.6. The lowest BCUT2D eigenvalue weighted by molar-refractivity contribution is -0.164. The van der Waals surface area contributed by atoms with Gasteiger partial charge < -0.3 is 9.47 Å². The van der Waals surface area contributed by atoms with Crippen LogP contribution in [0, 0.1) is 40.4 Å². The highest BCUT2D eigenvalue weighted by Crippen LogP contribution is 2.69. The fourth-order valence-corrected chi connectivity index (χ4v) is 8.32. The van der Waals surface area contributed by atoms with Crippen LogP contribution in [0.1, 0.15) is 72.6 Å². The summed E-state index contributed by atoms with van der Waals surface area (Å²) in [6.07, 6.45) is 10.3. The van der Waals surface area contributed by atoms with Gasteiger partial charge in [-0.15, -0.1) is 0 Å². The van der Waals surface area contributed by atoms with E-state index in [2.05, 4.69) is 20.8 Å². The molecule has 140 valence electrons. The first-order valence-electron chi connectivity index (χ1n) is 10.7. The third-order valence-corrected chi connectivity index (χ3v) is 9.80. The van der Waals surface area contributed by atoms with Gasteiger partial charge in [0.25, 0.3) is 0 Å². The van der Waals surface area contributed by atoms with Crippen molar-refractivity contribution in [2.75, 3.05) is 0 Å². The molecule has 5 rings (SSSR count). The fraction of sp³-hybridized carbons (Fsp3) is 0.955. The van der Waals surface area contributed by atoms with Gasteiger partial charge >= 0.3 is 5.97 Å². The van der Waals surface area contributed by atoms with E-state index < -0.39 is 0 Å². The van der Waals surface area contributed by atoms with Crippen LogP contribution in [0.4, 0.5) is 0 Å². The van der Waals surface area contributed by atoms with Crippen molar-refractivity contribution >= 4 is 5.97 Å². The fourth-order valence-electron chi connectivity index (χ4n) is 8.32. The summed E-state index contributed by atoms with van der Waals surface area (Å²) < 4.78 is 11.8. The molecule has 0 aromatic rings. The molecule has 25 heavy (non-hydrogen) atoms. The highest BCUT2D eigenvalue weighted by atomic mass is 16.6. The largest absolute Gasteiger partial charge is 0.462 e.